The Balaban J connectivity index is 1.71. The van der Waals surface area contributed by atoms with Crippen molar-refractivity contribution >= 4 is 12.0 Å². The maximum Gasteiger partial charge on any atom is 0.417 e. The first-order valence-corrected chi connectivity index (χ1v) is 8.30. The molecular formula is C18H16F3N5O3. The van der Waals surface area contributed by atoms with E-state index < -0.39 is 17.7 Å². The Labute approximate surface area is 162 Å². The predicted molar refractivity (Wildman–Crippen MR) is 95.3 cm³/mol. The highest BCUT2D eigenvalue weighted by atomic mass is 19.4. The van der Waals surface area contributed by atoms with Crippen molar-refractivity contribution in [3.8, 4) is 11.7 Å². The van der Waals surface area contributed by atoms with Crippen molar-refractivity contribution < 1.29 is 27.8 Å². The number of nitrogens with zero attached hydrogens (tertiary/aromatic N) is 5. The van der Waals surface area contributed by atoms with Gasteiger partial charge in [0.25, 0.3) is 0 Å². The number of aryl methyl sites for hydroxylation is 2. The minimum absolute atomic E-state index is 0.117. The third kappa shape index (κ3) is 4.81. The molecule has 0 fully saturated rings. The lowest BCUT2D eigenvalue weighted by atomic mass is 10.3. The van der Waals surface area contributed by atoms with Gasteiger partial charge in [-0.05, 0) is 25.1 Å². The molecule has 0 amide bonds. The van der Waals surface area contributed by atoms with Crippen LogP contribution >= 0.6 is 0 Å². The number of carboxylic acid groups (broad SMARTS) is 1. The molecule has 3 aromatic heterocycles. The molecule has 0 saturated heterocycles. The molecule has 29 heavy (non-hydrogen) atoms. The van der Waals surface area contributed by atoms with Gasteiger partial charge in [-0.25, -0.2) is 14.5 Å². The quantitative estimate of drug-likeness (QED) is 0.632. The van der Waals surface area contributed by atoms with Crippen molar-refractivity contribution in [2.45, 2.75) is 19.7 Å². The number of hydrogen-bond donors (Lipinski definition) is 1. The van der Waals surface area contributed by atoms with Crippen LogP contribution in [-0.4, -0.2) is 35.6 Å². The first-order chi connectivity index (χ1) is 13.6. The highest BCUT2D eigenvalue weighted by molar-refractivity contribution is 5.84. The summed E-state index contributed by atoms with van der Waals surface area (Å²) >= 11 is 0. The van der Waals surface area contributed by atoms with Crippen LogP contribution < -0.4 is 4.74 Å². The Hall–Kier alpha value is -3.63. The van der Waals surface area contributed by atoms with E-state index in [4.69, 9.17) is 9.84 Å². The molecule has 0 aliphatic carbocycles. The predicted octanol–water partition coefficient (Wildman–Crippen LogP) is 3.00. The molecule has 8 nitrogen and oxygen atoms in total. The number of carboxylic acids is 1. The Bertz CT molecular complexity index is 1050. The second kappa shape index (κ2) is 7.78. The largest absolute Gasteiger partial charge is 0.478 e. The van der Waals surface area contributed by atoms with Crippen molar-refractivity contribution in [1.82, 2.24) is 24.5 Å². The van der Waals surface area contributed by atoms with Crippen LogP contribution in [0.3, 0.4) is 0 Å². The summed E-state index contributed by atoms with van der Waals surface area (Å²) in [5.74, 6) is -0.544. The molecule has 1 N–H and O–H groups in total. The molecular weight excluding hydrogens is 391 g/mol. The van der Waals surface area contributed by atoms with Gasteiger partial charge in [-0.1, -0.05) is 0 Å². The molecule has 0 bridgehead atoms. The van der Waals surface area contributed by atoms with Crippen LogP contribution in [0.1, 0.15) is 22.5 Å². The summed E-state index contributed by atoms with van der Waals surface area (Å²) in [6.45, 7) is 1.85. The minimum Gasteiger partial charge on any atom is -0.478 e. The van der Waals surface area contributed by atoms with E-state index in [9.17, 15) is 18.0 Å². The van der Waals surface area contributed by atoms with Gasteiger partial charge in [0.1, 0.15) is 6.61 Å². The number of carbonyl (C=O) groups is 1. The van der Waals surface area contributed by atoms with Crippen LogP contribution in [0.25, 0.3) is 11.9 Å². The Kier molecular flexibility index (Phi) is 5.39. The van der Waals surface area contributed by atoms with Crippen LogP contribution in [0, 0.1) is 6.92 Å². The Morgan fingerprint density at radius 3 is 2.69 bits per heavy atom. The molecule has 0 spiro atoms. The summed E-state index contributed by atoms with van der Waals surface area (Å²) in [6.07, 6.45) is 0.293. The highest BCUT2D eigenvalue weighted by Crippen LogP contribution is 2.28. The van der Waals surface area contributed by atoms with Crippen molar-refractivity contribution in [3.05, 3.63) is 59.2 Å². The summed E-state index contributed by atoms with van der Waals surface area (Å²) in [6, 6.07) is 3.76. The molecule has 0 aliphatic rings. The Morgan fingerprint density at radius 1 is 1.31 bits per heavy atom. The topological polar surface area (TPSA) is 95.1 Å². The van der Waals surface area contributed by atoms with Gasteiger partial charge < -0.3 is 9.84 Å². The first kappa shape index (κ1) is 20.1. The van der Waals surface area contributed by atoms with Gasteiger partial charge in [0.2, 0.25) is 5.88 Å². The van der Waals surface area contributed by atoms with E-state index in [-0.39, 0.29) is 18.3 Å². The molecule has 11 heteroatoms. The number of aliphatic carboxylic acids is 1. The van der Waals surface area contributed by atoms with Crippen LogP contribution in [0.2, 0.25) is 0 Å². The third-order valence-electron chi connectivity index (χ3n) is 3.98. The number of pyridine rings is 1. The zero-order valence-corrected chi connectivity index (χ0v) is 15.4. The summed E-state index contributed by atoms with van der Waals surface area (Å²) < 4.78 is 46.4. The molecule has 0 aromatic carbocycles. The highest BCUT2D eigenvalue weighted by Gasteiger charge is 2.30. The Morgan fingerprint density at radius 2 is 2.07 bits per heavy atom. The van der Waals surface area contributed by atoms with E-state index in [0.717, 1.165) is 18.3 Å². The van der Waals surface area contributed by atoms with Crippen molar-refractivity contribution in [1.29, 1.82) is 0 Å². The van der Waals surface area contributed by atoms with Gasteiger partial charge >= 0.3 is 12.1 Å². The smallest absolute Gasteiger partial charge is 0.417 e. The van der Waals surface area contributed by atoms with Gasteiger partial charge in [-0.3, -0.25) is 4.68 Å². The summed E-state index contributed by atoms with van der Waals surface area (Å²) in [5, 5.41) is 17.1. The van der Waals surface area contributed by atoms with E-state index in [1.165, 1.54) is 21.5 Å². The SMILES string of the molecule is Cc1nn(-c2ccc(C(F)(F)F)cn2)cc1COc1cc(C=CC(=O)O)n(C)n1. The molecule has 3 aromatic rings. The maximum absolute atomic E-state index is 12.6. The zero-order valence-electron chi connectivity index (χ0n) is 15.4. The van der Waals surface area contributed by atoms with E-state index in [0.29, 0.717) is 17.0 Å². The van der Waals surface area contributed by atoms with Crippen LogP contribution in [0.4, 0.5) is 13.2 Å². The lowest BCUT2D eigenvalue weighted by Crippen LogP contribution is -2.07. The average Bonchev–Trinajstić information content (AvgIpc) is 3.20. The molecule has 0 aliphatic heterocycles. The van der Waals surface area contributed by atoms with E-state index in [1.54, 1.807) is 26.2 Å². The fourth-order valence-electron chi connectivity index (χ4n) is 2.43. The van der Waals surface area contributed by atoms with E-state index >= 15 is 0 Å². The monoisotopic (exact) mass is 407 g/mol. The summed E-state index contributed by atoms with van der Waals surface area (Å²) in [7, 11) is 1.65. The number of hydrogen-bond acceptors (Lipinski definition) is 5. The maximum atomic E-state index is 12.6. The summed E-state index contributed by atoms with van der Waals surface area (Å²) in [4.78, 5) is 14.4. The fourth-order valence-corrected chi connectivity index (χ4v) is 2.43. The standard InChI is InChI=1S/C18H16F3N5O3/c1-11-12(10-29-16-7-14(25(2)24-16)4-6-17(27)28)9-26(23-11)15-5-3-13(8-22-15)18(19,20)21/h3-9H,10H2,1-2H3,(H,27,28). The van der Waals surface area contributed by atoms with Gasteiger partial charge in [-0.15, -0.1) is 5.10 Å². The molecule has 3 rings (SSSR count). The number of aromatic nitrogens is 5. The van der Waals surface area contributed by atoms with E-state index in [2.05, 4.69) is 15.2 Å². The van der Waals surface area contributed by atoms with Crippen LogP contribution in [-0.2, 0) is 24.6 Å². The van der Waals surface area contributed by atoms with Crippen molar-refractivity contribution in [2.75, 3.05) is 0 Å². The third-order valence-corrected chi connectivity index (χ3v) is 3.98. The van der Waals surface area contributed by atoms with Gasteiger partial charge in [0.15, 0.2) is 5.82 Å². The zero-order chi connectivity index (χ0) is 21.2. The lowest BCUT2D eigenvalue weighted by molar-refractivity contribution is -0.137. The molecule has 0 saturated carbocycles. The number of rotatable bonds is 6. The van der Waals surface area contributed by atoms with Gasteiger partial charge in [-0.2, -0.15) is 18.3 Å². The molecule has 0 radical (unpaired) electrons. The first-order valence-electron chi connectivity index (χ1n) is 8.30. The fraction of sp³-hybridized carbons (Fsp3) is 0.222. The second-order valence-electron chi connectivity index (χ2n) is 6.08. The van der Waals surface area contributed by atoms with Gasteiger partial charge in [0.05, 0.1) is 17.0 Å². The van der Waals surface area contributed by atoms with E-state index in [1.807, 2.05) is 0 Å². The number of halogens is 3. The minimum atomic E-state index is -4.45. The average molecular weight is 407 g/mol. The van der Waals surface area contributed by atoms with Crippen molar-refractivity contribution in [3.63, 3.8) is 0 Å². The number of ether oxygens (including phenoxy) is 1. The van der Waals surface area contributed by atoms with Crippen molar-refractivity contribution in [2.24, 2.45) is 7.05 Å². The molecule has 152 valence electrons. The van der Waals surface area contributed by atoms with Gasteiger partial charge in [0, 0.05) is 37.1 Å². The van der Waals surface area contributed by atoms with Crippen LogP contribution in [0.5, 0.6) is 5.88 Å². The molecule has 0 atom stereocenters. The molecule has 3 heterocycles. The number of alkyl halides is 3. The normalized spacial score (nSPS) is 11.9. The lowest BCUT2D eigenvalue weighted by Gasteiger charge is -2.06. The van der Waals surface area contributed by atoms with Crippen LogP contribution in [0.15, 0.2) is 36.7 Å². The second-order valence-corrected chi connectivity index (χ2v) is 6.08. The molecule has 0 unspecified atom stereocenters. The summed E-state index contributed by atoms with van der Waals surface area (Å²) in [5.41, 5.74) is 1.02.